The number of rotatable bonds is 3. The van der Waals surface area contributed by atoms with Crippen molar-refractivity contribution in [3.05, 3.63) is 18.3 Å². The van der Waals surface area contributed by atoms with Crippen molar-refractivity contribution >= 4 is 15.8 Å². The average Bonchev–Trinajstić information content (AvgIpc) is 2.32. The van der Waals surface area contributed by atoms with Crippen LogP contribution in [0.1, 0.15) is 25.7 Å². The van der Waals surface area contributed by atoms with E-state index in [2.05, 4.69) is 9.71 Å². The van der Waals surface area contributed by atoms with Crippen LogP contribution in [0.15, 0.2) is 23.2 Å². The largest absolute Gasteiger partial charge is 0.391 e. The second-order valence-corrected chi connectivity index (χ2v) is 6.21. The summed E-state index contributed by atoms with van der Waals surface area (Å²) in [5, 5.41) is 9.76. The van der Waals surface area contributed by atoms with Crippen LogP contribution >= 0.6 is 0 Å². The Morgan fingerprint density at radius 3 is 2.67 bits per heavy atom. The third-order valence-corrected chi connectivity index (χ3v) is 4.58. The Morgan fingerprint density at radius 2 is 2.06 bits per heavy atom. The molecule has 4 N–H and O–H groups in total. The molecule has 6 nitrogen and oxygen atoms in total. The fourth-order valence-electron chi connectivity index (χ4n) is 2.07. The highest BCUT2D eigenvalue weighted by atomic mass is 32.2. The molecule has 1 saturated carbocycles. The molecular weight excluding hydrogens is 254 g/mol. The maximum atomic E-state index is 12.1. The summed E-state index contributed by atoms with van der Waals surface area (Å²) < 4.78 is 26.6. The van der Waals surface area contributed by atoms with Crippen molar-refractivity contribution in [3.8, 4) is 0 Å². The molecule has 0 saturated heterocycles. The van der Waals surface area contributed by atoms with Gasteiger partial charge in [-0.15, -0.1) is 0 Å². The van der Waals surface area contributed by atoms with Gasteiger partial charge in [0.25, 0.3) is 0 Å². The lowest BCUT2D eigenvalue weighted by molar-refractivity contribution is 0.101. The van der Waals surface area contributed by atoms with Crippen molar-refractivity contribution in [2.24, 2.45) is 0 Å². The lowest BCUT2D eigenvalue weighted by Crippen LogP contribution is -2.44. The van der Waals surface area contributed by atoms with Crippen LogP contribution in [0.2, 0.25) is 0 Å². The van der Waals surface area contributed by atoms with Crippen LogP contribution in [0, 0.1) is 0 Å². The number of nitrogens with one attached hydrogen (secondary N) is 1. The summed E-state index contributed by atoms with van der Waals surface area (Å²) in [6.07, 6.45) is 3.74. The van der Waals surface area contributed by atoms with Crippen molar-refractivity contribution in [1.29, 1.82) is 0 Å². The molecule has 0 radical (unpaired) electrons. The summed E-state index contributed by atoms with van der Waals surface area (Å²) in [6.45, 7) is 0. The highest BCUT2D eigenvalue weighted by Crippen LogP contribution is 2.20. The number of nitrogens with two attached hydrogens (primary N) is 1. The van der Waals surface area contributed by atoms with E-state index in [-0.39, 0.29) is 10.7 Å². The van der Waals surface area contributed by atoms with Gasteiger partial charge in [0.2, 0.25) is 10.0 Å². The summed E-state index contributed by atoms with van der Waals surface area (Å²) in [5.41, 5.74) is 5.41. The van der Waals surface area contributed by atoms with Crippen LogP contribution in [-0.4, -0.2) is 30.7 Å². The first-order valence-electron chi connectivity index (χ1n) is 5.91. The number of hydrogen-bond acceptors (Lipinski definition) is 5. The summed E-state index contributed by atoms with van der Waals surface area (Å²) in [4.78, 5) is 3.82. The fraction of sp³-hybridized carbons (Fsp3) is 0.545. The van der Waals surface area contributed by atoms with Gasteiger partial charge in [-0.3, -0.25) is 0 Å². The van der Waals surface area contributed by atoms with E-state index < -0.39 is 22.2 Å². The predicted molar refractivity (Wildman–Crippen MR) is 67.2 cm³/mol. The minimum absolute atomic E-state index is 0.0643. The molecule has 2 rings (SSSR count). The molecule has 18 heavy (non-hydrogen) atoms. The van der Waals surface area contributed by atoms with E-state index in [0.717, 1.165) is 12.8 Å². The Hall–Kier alpha value is -1.18. The van der Waals surface area contributed by atoms with E-state index in [1.807, 2.05) is 0 Å². The average molecular weight is 271 g/mol. The molecule has 0 aliphatic heterocycles. The molecule has 100 valence electrons. The number of anilines is 1. The standard InChI is InChI=1S/C11H17N3O3S/c12-11-6-5-8(7-13-11)18(16,17)14-9-3-1-2-4-10(9)15/h5-7,9-10,14-15H,1-4H2,(H2,12,13)/t9-,10-/m0/s1. The van der Waals surface area contributed by atoms with Crippen molar-refractivity contribution < 1.29 is 13.5 Å². The molecule has 2 atom stereocenters. The van der Waals surface area contributed by atoms with E-state index in [9.17, 15) is 13.5 Å². The summed E-state index contributed by atoms with van der Waals surface area (Å²) in [7, 11) is -3.64. The number of sulfonamides is 1. The molecule has 1 aliphatic rings. The smallest absolute Gasteiger partial charge is 0.242 e. The Bertz CT molecular complexity index is 501. The highest BCUT2D eigenvalue weighted by molar-refractivity contribution is 7.89. The lowest BCUT2D eigenvalue weighted by atomic mass is 9.93. The number of aliphatic hydroxyl groups excluding tert-OH is 1. The van der Waals surface area contributed by atoms with Crippen LogP contribution in [0.25, 0.3) is 0 Å². The molecular formula is C11H17N3O3S. The highest BCUT2D eigenvalue weighted by Gasteiger charge is 2.28. The maximum absolute atomic E-state index is 12.1. The van der Waals surface area contributed by atoms with Crippen molar-refractivity contribution in [1.82, 2.24) is 9.71 Å². The third-order valence-electron chi connectivity index (χ3n) is 3.11. The van der Waals surface area contributed by atoms with Crippen molar-refractivity contribution in [3.63, 3.8) is 0 Å². The number of pyridine rings is 1. The van der Waals surface area contributed by atoms with E-state index in [4.69, 9.17) is 5.73 Å². The zero-order chi connectivity index (χ0) is 13.2. The first-order valence-corrected chi connectivity index (χ1v) is 7.39. The van der Waals surface area contributed by atoms with Gasteiger partial charge in [-0.05, 0) is 25.0 Å². The first-order chi connectivity index (χ1) is 8.49. The van der Waals surface area contributed by atoms with Gasteiger partial charge in [0.1, 0.15) is 10.7 Å². The van der Waals surface area contributed by atoms with E-state index >= 15 is 0 Å². The van der Waals surface area contributed by atoms with Gasteiger partial charge in [0.15, 0.2) is 0 Å². The van der Waals surface area contributed by atoms with Crippen LogP contribution in [-0.2, 0) is 10.0 Å². The Morgan fingerprint density at radius 1 is 1.33 bits per heavy atom. The maximum Gasteiger partial charge on any atom is 0.242 e. The Balaban J connectivity index is 2.13. The van der Waals surface area contributed by atoms with E-state index in [0.29, 0.717) is 12.8 Å². The number of aliphatic hydroxyl groups is 1. The summed E-state index contributed by atoms with van der Waals surface area (Å²) in [5.74, 6) is 0.270. The van der Waals surface area contributed by atoms with Crippen molar-refractivity contribution in [2.75, 3.05) is 5.73 Å². The number of hydrogen-bond donors (Lipinski definition) is 3. The second-order valence-electron chi connectivity index (χ2n) is 4.50. The second kappa shape index (κ2) is 5.21. The molecule has 0 amide bonds. The first kappa shape index (κ1) is 13.3. The molecule has 0 aromatic carbocycles. The van der Waals surface area contributed by atoms with Gasteiger partial charge in [-0.1, -0.05) is 12.8 Å². The molecule has 1 aromatic heterocycles. The van der Waals surface area contributed by atoms with Gasteiger partial charge in [0, 0.05) is 12.2 Å². The van der Waals surface area contributed by atoms with Gasteiger partial charge < -0.3 is 10.8 Å². The molecule has 1 heterocycles. The molecule has 7 heteroatoms. The molecule has 1 aromatic rings. The van der Waals surface area contributed by atoms with Crippen LogP contribution in [0.3, 0.4) is 0 Å². The van der Waals surface area contributed by atoms with Crippen LogP contribution in [0.5, 0.6) is 0 Å². The van der Waals surface area contributed by atoms with Crippen LogP contribution in [0.4, 0.5) is 5.82 Å². The Labute approximate surface area is 106 Å². The minimum Gasteiger partial charge on any atom is -0.391 e. The predicted octanol–water partition coefficient (Wildman–Crippen LogP) is 0.246. The van der Waals surface area contributed by atoms with Gasteiger partial charge in [-0.25, -0.2) is 18.1 Å². The van der Waals surface area contributed by atoms with E-state index in [1.54, 1.807) is 0 Å². The monoisotopic (exact) mass is 271 g/mol. The summed E-state index contributed by atoms with van der Waals surface area (Å²) >= 11 is 0. The molecule has 1 fully saturated rings. The van der Waals surface area contributed by atoms with Gasteiger partial charge in [0.05, 0.1) is 6.10 Å². The molecule has 1 aliphatic carbocycles. The number of nitrogens with zero attached hydrogens (tertiary/aromatic N) is 1. The van der Waals surface area contributed by atoms with E-state index in [1.165, 1.54) is 18.3 Å². The molecule has 0 spiro atoms. The van der Waals surface area contributed by atoms with Gasteiger partial charge in [-0.2, -0.15) is 0 Å². The normalized spacial score (nSPS) is 24.9. The quantitative estimate of drug-likeness (QED) is 0.730. The third kappa shape index (κ3) is 2.98. The number of aromatic nitrogens is 1. The lowest BCUT2D eigenvalue weighted by Gasteiger charge is -2.27. The van der Waals surface area contributed by atoms with Gasteiger partial charge >= 0.3 is 0 Å². The van der Waals surface area contributed by atoms with Crippen molar-refractivity contribution in [2.45, 2.75) is 42.7 Å². The zero-order valence-corrected chi connectivity index (χ0v) is 10.7. The fourth-order valence-corrected chi connectivity index (χ4v) is 3.32. The SMILES string of the molecule is Nc1ccc(S(=O)(=O)N[C@H]2CCCC[C@@H]2O)cn1. The van der Waals surface area contributed by atoms with Crippen LogP contribution < -0.4 is 10.5 Å². The molecule has 0 bridgehead atoms. The zero-order valence-electron chi connectivity index (χ0n) is 9.91. The topological polar surface area (TPSA) is 105 Å². The molecule has 0 unspecified atom stereocenters. The summed E-state index contributed by atoms with van der Waals surface area (Å²) in [6, 6.07) is 2.42. The Kier molecular flexibility index (Phi) is 3.84. The number of nitrogen functional groups attached to an aromatic ring is 1. The minimum atomic E-state index is -3.64.